The standard InChI is InChI=1S/C13H16N2S/c1-2-5-13(11-14-8-3-1)15-12-6-4-9-16-10-7-12/h1-5,7,9-13,15H,6,8H2/b3-1-,5-2-,14-11+/t12-,13?/m0/s1. The van der Waals surface area contributed by atoms with Crippen LogP contribution in [0.1, 0.15) is 6.42 Å². The van der Waals surface area contributed by atoms with E-state index in [1.54, 1.807) is 11.8 Å². The lowest BCUT2D eigenvalue weighted by molar-refractivity contribution is 0.607. The number of thioether (sulfide) groups is 1. The SMILES string of the molecule is C1=CSC=C[C@@H](NC2/C=C\C=C/C/N=C/2)C1. The maximum Gasteiger partial charge on any atom is 0.0613 e. The number of allylic oxidation sites excluding steroid dienone is 2. The number of hydrogen-bond acceptors (Lipinski definition) is 3. The first-order valence-electron chi connectivity index (χ1n) is 5.51. The molecule has 16 heavy (non-hydrogen) atoms. The maximum absolute atomic E-state index is 4.33. The summed E-state index contributed by atoms with van der Waals surface area (Å²) in [5, 5.41) is 7.80. The van der Waals surface area contributed by atoms with E-state index in [2.05, 4.69) is 45.4 Å². The summed E-state index contributed by atoms with van der Waals surface area (Å²) in [7, 11) is 0. The van der Waals surface area contributed by atoms with Crippen molar-refractivity contribution in [3.8, 4) is 0 Å². The Morgan fingerprint density at radius 1 is 1.12 bits per heavy atom. The van der Waals surface area contributed by atoms with Crippen LogP contribution in [0.25, 0.3) is 0 Å². The second-order valence-corrected chi connectivity index (χ2v) is 4.51. The fourth-order valence-corrected chi connectivity index (χ4v) is 2.19. The Morgan fingerprint density at radius 3 is 3.12 bits per heavy atom. The number of hydrogen-bond donors (Lipinski definition) is 1. The molecule has 84 valence electrons. The molecule has 0 saturated carbocycles. The van der Waals surface area contributed by atoms with Crippen molar-refractivity contribution in [2.45, 2.75) is 18.5 Å². The monoisotopic (exact) mass is 232 g/mol. The van der Waals surface area contributed by atoms with Gasteiger partial charge in [0.25, 0.3) is 0 Å². The largest absolute Gasteiger partial charge is 0.299 e. The summed E-state index contributed by atoms with van der Waals surface area (Å²) in [5.41, 5.74) is 0. The zero-order valence-electron chi connectivity index (χ0n) is 9.12. The molecule has 2 aliphatic rings. The fourth-order valence-electron chi connectivity index (χ4n) is 1.60. The van der Waals surface area contributed by atoms with E-state index in [1.165, 1.54) is 0 Å². The van der Waals surface area contributed by atoms with Gasteiger partial charge in [0.05, 0.1) is 12.6 Å². The minimum absolute atomic E-state index is 0.232. The molecule has 0 amide bonds. The van der Waals surface area contributed by atoms with E-state index in [9.17, 15) is 0 Å². The molecule has 1 N–H and O–H groups in total. The highest BCUT2D eigenvalue weighted by molar-refractivity contribution is 8.04. The van der Waals surface area contributed by atoms with Crippen LogP contribution in [0.4, 0.5) is 0 Å². The Bertz CT molecular complexity index is 353. The van der Waals surface area contributed by atoms with Crippen LogP contribution < -0.4 is 5.32 Å². The number of nitrogens with zero attached hydrogens (tertiary/aromatic N) is 1. The molecule has 0 aromatic carbocycles. The highest BCUT2D eigenvalue weighted by Crippen LogP contribution is 2.12. The third kappa shape index (κ3) is 3.83. The Labute approximate surface area is 101 Å². The van der Waals surface area contributed by atoms with Gasteiger partial charge in [-0.2, -0.15) is 0 Å². The Kier molecular flexibility index (Phi) is 4.65. The molecule has 2 nitrogen and oxygen atoms in total. The van der Waals surface area contributed by atoms with E-state index >= 15 is 0 Å². The summed E-state index contributed by atoms with van der Waals surface area (Å²) >= 11 is 1.73. The predicted octanol–water partition coefficient (Wildman–Crippen LogP) is 2.67. The molecule has 3 heteroatoms. The molecule has 0 aliphatic carbocycles. The smallest absolute Gasteiger partial charge is 0.0613 e. The van der Waals surface area contributed by atoms with Gasteiger partial charge in [0.2, 0.25) is 0 Å². The van der Waals surface area contributed by atoms with Gasteiger partial charge in [-0.25, -0.2) is 0 Å². The Morgan fingerprint density at radius 2 is 2.12 bits per heavy atom. The van der Waals surface area contributed by atoms with Crippen molar-refractivity contribution in [1.82, 2.24) is 5.32 Å². The average Bonchev–Trinajstić information content (AvgIpc) is 2.50. The van der Waals surface area contributed by atoms with Crippen LogP contribution >= 0.6 is 11.8 Å². The lowest BCUT2D eigenvalue weighted by Gasteiger charge is -2.17. The molecular formula is C13H16N2S. The van der Waals surface area contributed by atoms with E-state index < -0.39 is 0 Å². The van der Waals surface area contributed by atoms with Crippen molar-refractivity contribution in [2.24, 2.45) is 4.99 Å². The summed E-state index contributed by atoms with van der Waals surface area (Å²) in [6.45, 7) is 0.777. The van der Waals surface area contributed by atoms with Gasteiger partial charge in [0.1, 0.15) is 0 Å². The van der Waals surface area contributed by atoms with E-state index in [0.717, 1.165) is 13.0 Å². The van der Waals surface area contributed by atoms with E-state index in [-0.39, 0.29) is 6.04 Å². The van der Waals surface area contributed by atoms with Crippen LogP contribution in [0.2, 0.25) is 0 Å². The lowest BCUT2D eigenvalue weighted by Crippen LogP contribution is -2.36. The van der Waals surface area contributed by atoms with Crippen LogP contribution in [0.15, 0.2) is 52.3 Å². The minimum Gasteiger partial charge on any atom is -0.299 e. The zero-order chi connectivity index (χ0) is 11.1. The summed E-state index contributed by atoms with van der Waals surface area (Å²) in [5.74, 6) is 0. The molecule has 0 bridgehead atoms. The Balaban J connectivity index is 1.94. The van der Waals surface area contributed by atoms with Gasteiger partial charge in [0, 0.05) is 12.3 Å². The van der Waals surface area contributed by atoms with Gasteiger partial charge < -0.3 is 0 Å². The molecule has 2 rings (SSSR count). The molecule has 2 heterocycles. The Hall–Kier alpha value is -1.06. The van der Waals surface area contributed by atoms with Crippen LogP contribution in [0, 0.1) is 0 Å². The van der Waals surface area contributed by atoms with E-state index in [1.807, 2.05) is 18.4 Å². The fraction of sp³-hybridized carbons (Fsp3) is 0.308. The van der Waals surface area contributed by atoms with Crippen LogP contribution in [0.3, 0.4) is 0 Å². The highest BCUT2D eigenvalue weighted by Gasteiger charge is 2.08. The highest BCUT2D eigenvalue weighted by atomic mass is 32.2. The molecule has 0 spiro atoms. The quantitative estimate of drug-likeness (QED) is 0.791. The van der Waals surface area contributed by atoms with Crippen molar-refractivity contribution < 1.29 is 0 Å². The van der Waals surface area contributed by atoms with Crippen molar-refractivity contribution in [3.63, 3.8) is 0 Å². The number of nitrogens with one attached hydrogen (secondary N) is 1. The maximum atomic E-state index is 4.33. The number of rotatable bonds is 2. The van der Waals surface area contributed by atoms with Gasteiger partial charge in [-0.05, 0) is 17.2 Å². The molecule has 0 saturated heterocycles. The summed E-state index contributed by atoms with van der Waals surface area (Å²) in [6.07, 6.45) is 15.7. The summed E-state index contributed by atoms with van der Waals surface area (Å²) in [6, 6.07) is 0.631. The molecule has 0 fully saturated rings. The van der Waals surface area contributed by atoms with Gasteiger partial charge in [0.15, 0.2) is 0 Å². The minimum atomic E-state index is 0.232. The summed E-state index contributed by atoms with van der Waals surface area (Å²) < 4.78 is 0. The third-order valence-electron chi connectivity index (χ3n) is 2.40. The average molecular weight is 232 g/mol. The first-order chi connectivity index (χ1) is 7.95. The van der Waals surface area contributed by atoms with Crippen molar-refractivity contribution in [1.29, 1.82) is 0 Å². The predicted molar refractivity (Wildman–Crippen MR) is 72.8 cm³/mol. The summed E-state index contributed by atoms with van der Waals surface area (Å²) in [4.78, 5) is 4.33. The molecule has 2 atom stereocenters. The molecule has 0 aromatic heterocycles. The molecule has 0 aromatic rings. The van der Waals surface area contributed by atoms with Gasteiger partial charge in [-0.15, -0.1) is 11.8 Å². The van der Waals surface area contributed by atoms with Crippen molar-refractivity contribution in [2.75, 3.05) is 6.54 Å². The van der Waals surface area contributed by atoms with E-state index in [0.29, 0.717) is 6.04 Å². The normalized spacial score (nSPS) is 34.8. The van der Waals surface area contributed by atoms with Crippen LogP contribution in [0.5, 0.6) is 0 Å². The van der Waals surface area contributed by atoms with Crippen molar-refractivity contribution in [3.05, 3.63) is 47.3 Å². The number of aliphatic imine (C=N–C) groups is 1. The first-order valence-corrected chi connectivity index (χ1v) is 6.46. The van der Waals surface area contributed by atoms with Crippen molar-refractivity contribution >= 4 is 18.0 Å². The van der Waals surface area contributed by atoms with E-state index in [4.69, 9.17) is 0 Å². The van der Waals surface area contributed by atoms with Gasteiger partial charge in [-0.3, -0.25) is 10.3 Å². The van der Waals surface area contributed by atoms with Crippen LogP contribution in [-0.4, -0.2) is 24.8 Å². The molecular weight excluding hydrogens is 216 g/mol. The van der Waals surface area contributed by atoms with Gasteiger partial charge in [-0.1, -0.05) is 36.5 Å². The lowest BCUT2D eigenvalue weighted by atomic mass is 10.1. The van der Waals surface area contributed by atoms with Crippen LogP contribution in [-0.2, 0) is 0 Å². The molecule has 1 unspecified atom stereocenters. The molecule has 2 aliphatic heterocycles. The van der Waals surface area contributed by atoms with Gasteiger partial charge >= 0.3 is 0 Å². The topological polar surface area (TPSA) is 24.4 Å². The third-order valence-corrected chi connectivity index (χ3v) is 3.07. The molecule has 0 radical (unpaired) electrons. The second-order valence-electron chi connectivity index (χ2n) is 3.70. The first kappa shape index (κ1) is 11.4. The zero-order valence-corrected chi connectivity index (χ0v) is 9.94. The second kappa shape index (κ2) is 6.51.